The van der Waals surface area contributed by atoms with Gasteiger partial charge in [0.2, 0.25) is 0 Å². The number of benzene rings is 1. The van der Waals surface area contributed by atoms with Gasteiger partial charge in [0.1, 0.15) is 5.75 Å². The van der Waals surface area contributed by atoms with Crippen molar-refractivity contribution in [1.82, 2.24) is 5.32 Å². The highest BCUT2D eigenvalue weighted by Gasteiger charge is 2.28. The van der Waals surface area contributed by atoms with Crippen LogP contribution in [0.1, 0.15) is 13.8 Å². The monoisotopic (exact) mass is 264 g/mol. The molecular formula is C15H24N2O2. The van der Waals surface area contributed by atoms with E-state index >= 15 is 0 Å². The van der Waals surface area contributed by atoms with Gasteiger partial charge in [-0.2, -0.15) is 0 Å². The molecule has 0 amide bonds. The van der Waals surface area contributed by atoms with Gasteiger partial charge in [-0.15, -0.1) is 0 Å². The van der Waals surface area contributed by atoms with Crippen molar-refractivity contribution >= 4 is 5.69 Å². The van der Waals surface area contributed by atoms with Crippen LogP contribution in [0.25, 0.3) is 0 Å². The Kier molecular flexibility index (Phi) is 4.32. The van der Waals surface area contributed by atoms with Gasteiger partial charge in [-0.3, -0.25) is 0 Å². The van der Waals surface area contributed by atoms with Crippen molar-refractivity contribution in [3.05, 3.63) is 24.3 Å². The summed E-state index contributed by atoms with van der Waals surface area (Å²) in [5.74, 6) is 0.870. The van der Waals surface area contributed by atoms with Crippen molar-refractivity contribution in [3.8, 4) is 5.75 Å². The summed E-state index contributed by atoms with van der Waals surface area (Å²) in [6.45, 7) is 7.38. The molecule has 1 saturated heterocycles. The minimum absolute atomic E-state index is 0.129. The van der Waals surface area contributed by atoms with Crippen molar-refractivity contribution in [2.75, 3.05) is 38.3 Å². The lowest BCUT2D eigenvalue weighted by Gasteiger charge is -2.31. The molecule has 2 N–H and O–H groups in total. The van der Waals surface area contributed by atoms with Crippen molar-refractivity contribution < 1.29 is 9.84 Å². The molecule has 19 heavy (non-hydrogen) atoms. The summed E-state index contributed by atoms with van der Waals surface area (Å²) in [5, 5.41) is 12.9. The zero-order valence-corrected chi connectivity index (χ0v) is 12.0. The number of nitrogens with one attached hydrogen (secondary N) is 1. The summed E-state index contributed by atoms with van der Waals surface area (Å²) < 4.78 is 5.19. The van der Waals surface area contributed by atoms with E-state index in [0.717, 1.165) is 25.4 Å². The van der Waals surface area contributed by atoms with Gasteiger partial charge >= 0.3 is 0 Å². The lowest BCUT2D eigenvalue weighted by molar-refractivity contribution is 0.242. The number of hydrogen-bond acceptors (Lipinski definition) is 4. The number of methoxy groups -OCH3 is 1. The van der Waals surface area contributed by atoms with Gasteiger partial charge in [-0.25, -0.2) is 0 Å². The number of aliphatic hydroxyl groups excluding tert-OH is 1. The number of rotatable bonds is 3. The second-order valence-corrected chi connectivity index (χ2v) is 6.00. The largest absolute Gasteiger partial charge is 0.497 e. The van der Waals surface area contributed by atoms with Gasteiger partial charge in [-0.05, 0) is 29.7 Å². The van der Waals surface area contributed by atoms with E-state index in [2.05, 4.69) is 36.2 Å². The van der Waals surface area contributed by atoms with E-state index in [9.17, 15) is 5.11 Å². The predicted molar refractivity (Wildman–Crippen MR) is 77.9 cm³/mol. The highest BCUT2D eigenvalue weighted by molar-refractivity contribution is 5.49. The standard InChI is InChI=1S/C15H24N2O2/c1-15(2)10-16-12(9-18)8-17(11-15)13-4-6-14(19-3)7-5-13/h4-7,12,16,18H,8-11H2,1-3H3. The summed E-state index contributed by atoms with van der Waals surface area (Å²) in [7, 11) is 1.68. The molecule has 0 aromatic heterocycles. The predicted octanol–water partition coefficient (Wildman–Crippen LogP) is 1.49. The van der Waals surface area contributed by atoms with E-state index in [1.165, 1.54) is 5.69 Å². The molecule has 0 bridgehead atoms. The second-order valence-electron chi connectivity index (χ2n) is 6.00. The Morgan fingerprint density at radius 1 is 1.37 bits per heavy atom. The Balaban J connectivity index is 2.18. The molecule has 1 heterocycles. The van der Waals surface area contributed by atoms with Crippen molar-refractivity contribution in [2.45, 2.75) is 19.9 Å². The van der Waals surface area contributed by atoms with Crippen LogP contribution in [-0.4, -0.2) is 44.5 Å². The number of hydrogen-bond donors (Lipinski definition) is 2. The first kappa shape index (κ1) is 14.2. The van der Waals surface area contributed by atoms with E-state index in [0.29, 0.717) is 0 Å². The molecule has 1 aromatic rings. The summed E-state index contributed by atoms with van der Waals surface area (Å²) in [4.78, 5) is 2.33. The first-order valence-electron chi connectivity index (χ1n) is 6.77. The molecule has 2 rings (SSSR count). The zero-order valence-electron chi connectivity index (χ0n) is 12.0. The quantitative estimate of drug-likeness (QED) is 0.868. The van der Waals surface area contributed by atoms with Crippen molar-refractivity contribution in [1.29, 1.82) is 0 Å². The lowest BCUT2D eigenvalue weighted by Crippen LogP contribution is -2.40. The van der Waals surface area contributed by atoms with Crippen LogP contribution in [0.5, 0.6) is 5.75 Å². The van der Waals surface area contributed by atoms with E-state index < -0.39 is 0 Å². The van der Waals surface area contributed by atoms with Crippen LogP contribution in [-0.2, 0) is 0 Å². The van der Waals surface area contributed by atoms with Crippen LogP contribution in [0.2, 0.25) is 0 Å². The highest BCUT2D eigenvalue weighted by atomic mass is 16.5. The average Bonchev–Trinajstić information content (AvgIpc) is 2.57. The summed E-state index contributed by atoms with van der Waals surface area (Å²) in [5.41, 5.74) is 1.36. The zero-order chi connectivity index (χ0) is 13.9. The fourth-order valence-corrected chi connectivity index (χ4v) is 2.50. The van der Waals surface area contributed by atoms with Crippen LogP contribution in [0, 0.1) is 5.41 Å². The molecule has 4 heteroatoms. The third-order valence-corrected chi connectivity index (χ3v) is 3.59. The van der Waals surface area contributed by atoms with E-state index in [1.807, 2.05) is 12.1 Å². The SMILES string of the molecule is COc1ccc(N2CC(CO)NCC(C)(C)C2)cc1. The van der Waals surface area contributed by atoms with Gasteiger partial charge in [-0.1, -0.05) is 13.8 Å². The van der Waals surface area contributed by atoms with Gasteiger partial charge in [0, 0.05) is 31.4 Å². The topological polar surface area (TPSA) is 44.7 Å². The van der Waals surface area contributed by atoms with Gasteiger partial charge in [0.25, 0.3) is 0 Å². The minimum Gasteiger partial charge on any atom is -0.497 e. The molecular weight excluding hydrogens is 240 g/mol. The first-order chi connectivity index (χ1) is 9.04. The third-order valence-electron chi connectivity index (χ3n) is 3.59. The molecule has 1 atom stereocenters. The maximum Gasteiger partial charge on any atom is 0.119 e. The Hall–Kier alpha value is -1.26. The normalized spacial score (nSPS) is 22.9. The molecule has 1 aliphatic heterocycles. The fraction of sp³-hybridized carbons (Fsp3) is 0.600. The summed E-state index contributed by atoms with van der Waals surface area (Å²) in [6.07, 6.45) is 0. The number of nitrogens with zero attached hydrogens (tertiary/aromatic N) is 1. The smallest absolute Gasteiger partial charge is 0.119 e. The summed E-state index contributed by atoms with van der Waals surface area (Å²) >= 11 is 0. The molecule has 1 unspecified atom stereocenters. The Morgan fingerprint density at radius 2 is 2.05 bits per heavy atom. The molecule has 106 valence electrons. The molecule has 0 saturated carbocycles. The van der Waals surface area contributed by atoms with Gasteiger partial charge < -0.3 is 20.1 Å². The molecule has 0 aliphatic carbocycles. The maximum absolute atomic E-state index is 9.42. The second kappa shape index (κ2) is 5.80. The van der Waals surface area contributed by atoms with Crippen LogP contribution < -0.4 is 15.0 Å². The van der Waals surface area contributed by atoms with Crippen LogP contribution >= 0.6 is 0 Å². The number of anilines is 1. The molecule has 1 fully saturated rings. The van der Waals surface area contributed by atoms with Gasteiger partial charge in [0.05, 0.1) is 13.7 Å². The van der Waals surface area contributed by atoms with Crippen molar-refractivity contribution in [3.63, 3.8) is 0 Å². The van der Waals surface area contributed by atoms with Crippen LogP contribution in [0.3, 0.4) is 0 Å². The van der Waals surface area contributed by atoms with Crippen LogP contribution in [0.4, 0.5) is 5.69 Å². The van der Waals surface area contributed by atoms with Crippen LogP contribution in [0.15, 0.2) is 24.3 Å². The number of ether oxygens (including phenoxy) is 1. The Bertz CT molecular complexity index is 403. The molecule has 4 nitrogen and oxygen atoms in total. The Labute approximate surface area is 115 Å². The Morgan fingerprint density at radius 3 is 2.63 bits per heavy atom. The third kappa shape index (κ3) is 3.61. The molecule has 0 spiro atoms. The fourth-order valence-electron chi connectivity index (χ4n) is 2.50. The lowest BCUT2D eigenvalue weighted by atomic mass is 9.93. The molecule has 1 aliphatic rings. The van der Waals surface area contributed by atoms with E-state index in [4.69, 9.17) is 4.74 Å². The first-order valence-corrected chi connectivity index (χ1v) is 6.77. The number of aliphatic hydroxyl groups is 1. The minimum atomic E-state index is 0.129. The van der Waals surface area contributed by atoms with E-state index in [-0.39, 0.29) is 18.1 Å². The van der Waals surface area contributed by atoms with E-state index in [1.54, 1.807) is 7.11 Å². The van der Waals surface area contributed by atoms with Crippen molar-refractivity contribution in [2.24, 2.45) is 5.41 Å². The molecule has 0 radical (unpaired) electrons. The van der Waals surface area contributed by atoms with Gasteiger partial charge in [0.15, 0.2) is 0 Å². The maximum atomic E-state index is 9.42. The highest BCUT2D eigenvalue weighted by Crippen LogP contribution is 2.26. The molecule has 1 aromatic carbocycles. The summed E-state index contributed by atoms with van der Waals surface area (Å²) in [6, 6.07) is 8.25. The average molecular weight is 264 g/mol.